The average molecular weight is 413 g/mol. The molecule has 152 valence electrons. The first-order valence-electron chi connectivity index (χ1n) is 9.52. The van der Waals surface area contributed by atoms with Crippen LogP contribution in [-0.2, 0) is 10.0 Å². The fourth-order valence-electron chi connectivity index (χ4n) is 3.48. The fourth-order valence-corrected chi connectivity index (χ4v) is 5.00. The average Bonchev–Trinajstić information content (AvgIpc) is 3.25. The van der Waals surface area contributed by atoms with E-state index in [9.17, 15) is 8.42 Å². The monoisotopic (exact) mass is 413 g/mol. The molecule has 1 unspecified atom stereocenters. The second-order valence-corrected chi connectivity index (χ2v) is 9.14. The summed E-state index contributed by atoms with van der Waals surface area (Å²) < 4.78 is 38.2. The largest absolute Gasteiger partial charge is 0.497 e. The number of hydrogen-bond acceptors (Lipinski definition) is 6. The van der Waals surface area contributed by atoms with Crippen LogP contribution in [0.25, 0.3) is 11.4 Å². The van der Waals surface area contributed by atoms with E-state index in [2.05, 4.69) is 10.1 Å². The minimum Gasteiger partial charge on any atom is -0.497 e. The van der Waals surface area contributed by atoms with Gasteiger partial charge in [-0.1, -0.05) is 35.0 Å². The second kappa shape index (κ2) is 7.96. The molecule has 0 saturated carbocycles. The van der Waals surface area contributed by atoms with Gasteiger partial charge in [-0.3, -0.25) is 0 Å². The molecular weight excluding hydrogens is 390 g/mol. The third-order valence-corrected chi connectivity index (χ3v) is 7.06. The van der Waals surface area contributed by atoms with Crippen molar-refractivity contribution in [2.75, 3.05) is 20.2 Å². The number of nitrogens with zero attached hydrogens (tertiary/aromatic N) is 3. The van der Waals surface area contributed by atoms with Crippen molar-refractivity contribution in [3.05, 3.63) is 60.0 Å². The van der Waals surface area contributed by atoms with Crippen LogP contribution >= 0.6 is 0 Å². The molecule has 1 fully saturated rings. The molecule has 1 aromatic heterocycles. The van der Waals surface area contributed by atoms with Crippen LogP contribution in [0.15, 0.2) is 57.9 Å². The fraction of sp³-hybridized carbons (Fsp3) is 0.333. The van der Waals surface area contributed by atoms with E-state index in [1.165, 1.54) is 4.31 Å². The van der Waals surface area contributed by atoms with E-state index in [0.717, 1.165) is 24.0 Å². The van der Waals surface area contributed by atoms with E-state index in [0.29, 0.717) is 30.6 Å². The second-order valence-electron chi connectivity index (χ2n) is 7.20. The predicted octanol–water partition coefficient (Wildman–Crippen LogP) is 3.62. The summed E-state index contributed by atoms with van der Waals surface area (Å²) in [6.07, 6.45) is 1.55. The smallest absolute Gasteiger partial charge is 0.243 e. The van der Waals surface area contributed by atoms with Crippen LogP contribution in [0.5, 0.6) is 5.75 Å². The van der Waals surface area contributed by atoms with Crippen LogP contribution in [-0.4, -0.2) is 43.1 Å². The van der Waals surface area contributed by atoms with E-state index in [1.54, 1.807) is 31.4 Å². The van der Waals surface area contributed by atoms with E-state index in [1.807, 2.05) is 31.2 Å². The highest BCUT2D eigenvalue weighted by Gasteiger charge is 2.33. The summed E-state index contributed by atoms with van der Waals surface area (Å²) in [4.78, 5) is 4.78. The van der Waals surface area contributed by atoms with Crippen LogP contribution < -0.4 is 4.74 Å². The molecule has 0 N–H and O–H groups in total. The van der Waals surface area contributed by atoms with Crippen LogP contribution in [0.1, 0.15) is 30.2 Å². The van der Waals surface area contributed by atoms with Gasteiger partial charge in [0.05, 0.1) is 17.9 Å². The van der Waals surface area contributed by atoms with Gasteiger partial charge in [0.25, 0.3) is 0 Å². The van der Waals surface area contributed by atoms with E-state index in [-0.39, 0.29) is 10.8 Å². The van der Waals surface area contributed by atoms with Crippen molar-refractivity contribution in [1.29, 1.82) is 0 Å². The van der Waals surface area contributed by atoms with Gasteiger partial charge in [0.1, 0.15) is 5.75 Å². The van der Waals surface area contributed by atoms with Crippen molar-refractivity contribution < 1.29 is 17.7 Å². The zero-order valence-corrected chi connectivity index (χ0v) is 17.2. The zero-order valence-electron chi connectivity index (χ0n) is 16.4. The molecule has 3 aromatic rings. The summed E-state index contributed by atoms with van der Waals surface area (Å²) in [6.45, 7) is 2.82. The van der Waals surface area contributed by atoms with Crippen LogP contribution in [0.2, 0.25) is 0 Å². The first-order chi connectivity index (χ1) is 14.0. The highest BCUT2D eigenvalue weighted by Crippen LogP contribution is 2.31. The highest BCUT2D eigenvalue weighted by atomic mass is 32.2. The van der Waals surface area contributed by atoms with Crippen molar-refractivity contribution in [2.24, 2.45) is 0 Å². The molecule has 0 spiro atoms. The number of methoxy groups -OCH3 is 1. The quantitative estimate of drug-likeness (QED) is 0.635. The van der Waals surface area contributed by atoms with Gasteiger partial charge in [-0.05, 0) is 44.0 Å². The van der Waals surface area contributed by atoms with Gasteiger partial charge in [-0.2, -0.15) is 9.29 Å². The minimum atomic E-state index is -3.59. The third-order valence-electron chi connectivity index (χ3n) is 5.18. The highest BCUT2D eigenvalue weighted by molar-refractivity contribution is 7.89. The Kier molecular flexibility index (Phi) is 5.38. The molecule has 29 heavy (non-hydrogen) atoms. The predicted molar refractivity (Wildman–Crippen MR) is 108 cm³/mol. The Morgan fingerprint density at radius 3 is 2.52 bits per heavy atom. The maximum Gasteiger partial charge on any atom is 0.243 e. The molecule has 1 atom stereocenters. The van der Waals surface area contributed by atoms with Crippen molar-refractivity contribution in [2.45, 2.75) is 30.6 Å². The number of aryl methyl sites for hydroxylation is 1. The molecule has 2 aromatic carbocycles. The summed E-state index contributed by atoms with van der Waals surface area (Å²) in [5.41, 5.74) is 2.04. The van der Waals surface area contributed by atoms with Gasteiger partial charge >= 0.3 is 0 Å². The van der Waals surface area contributed by atoms with Crippen molar-refractivity contribution >= 4 is 10.0 Å². The van der Waals surface area contributed by atoms with E-state index < -0.39 is 10.0 Å². The Hall–Kier alpha value is -2.71. The maximum absolute atomic E-state index is 13.0. The summed E-state index contributed by atoms with van der Waals surface area (Å²) in [6, 6.07) is 14.3. The van der Waals surface area contributed by atoms with Gasteiger partial charge < -0.3 is 9.26 Å². The lowest BCUT2D eigenvalue weighted by molar-refractivity contribution is 0.265. The molecule has 0 bridgehead atoms. The third kappa shape index (κ3) is 4.04. The Morgan fingerprint density at radius 2 is 1.83 bits per heavy atom. The minimum absolute atomic E-state index is 0.122. The number of aromatic nitrogens is 2. The Balaban J connectivity index is 1.53. The summed E-state index contributed by atoms with van der Waals surface area (Å²) >= 11 is 0. The molecule has 2 heterocycles. The van der Waals surface area contributed by atoms with Crippen molar-refractivity contribution in [3.8, 4) is 17.1 Å². The zero-order chi connectivity index (χ0) is 20.4. The lowest BCUT2D eigenvalue weighted by atomic mass is 10.00. The summed E-state index contributed by atoms with van der Waals surface area (Å²) in [5, 5.41) is 4.09. The topological polar surface area (TPSA) is 85.5 Å². The van der Waals surface area contributed by atoms with Gasteiger partial charge in [0.2, 0.25) is 21.7 Å². The molecule has 7 nitrogen and oxygen atoms in total. The van der Waals surface area contributed by atoms with Crippen LogP contribution in [0, 0.1) is 6.92 Å². The number of ether oxygens (including phenoxy) is 1. The molecule has 8 heteroatoms. The molecule has 4 rings (SSSR count). The first kappa shape index (κ1) is 19.6. The molecule has 0 aliphatic carbocycles. The molecule has 0 radical (unpaired) electrons. The van der Waals surface area contributed by atoms with Crippen molar-refractivity contribution in [3.63, 3.8) is 0 Å². The number of hydrogen-bond donors (Lipinski definition) is 0. The summed E-state index contributed by atoms with van der Waals surface area (Å²) in [7, 11) is -2.04. The molecule has 0 amide bonds. The van der Waals surface area contributed by atoms with Gasteiger partial charge in [0.15, 0.2) is 0 Å². The Bertz CT molecular complexity index is 1080. The van der Waals surface area contributed by atoms with Crippen molar-refractivity contribution in [1.82, 2.24) is 14.4 Å². The SMILES string of the molecule is COc1ccc(S(=O)(=O)N2CCCC(c3nc(-c4ccc(C)cc4)no3)C2)cc1. The molecule has 1 saturated heterocycles. The van der Waals surface area contributed by atoms with Gasteiger partial charge in [0, 0.05) is 18.7 Å². The van der Waals surface area contributed by atoms with Gasteiger partial charge in [-0.25, -0.2) is 8.42 Å². The first-order valence-corrected chi connectivity index (χ1v) is 11.0. The lowest BCUT2D eigenvalue weighted by Crippen LogP contribution is -2.39. The number of benzene rings is 2. The standard InChI is InChI=1S/C21H23N3O4S/c1-15-5-7-16(8-6-15)20-22-21(28-23-20)17-4-3-13-24(14-17)29(25,26)19-11-9-18(27-2)10-12-19/h5-12,17H,3-4,13-14H2,1-2H3. The molecule has 1 aliphatic heterocycles. The number of rotatable bonds is 5. The number of piperidine rings is 1. The molecular formula is C21H23N3O4S. The van der Waals surface area contributed by atoms with E-state index in [4.69, 9.17) is 9.26 Å². The van der Waals surface area contributed by atoms with Crippen LogP contribution in [0.4, 0.5) is 0 Å². The normalized spacial score (nSPS) is 17.9. The Labute approximate surface area is 170 Å². The van der Waals surface area contributed by atoms with E-state index >= 15 is 0 Å². The summed E-state index contributed by atoms with van der Waals surface area (Å²) in [5.74, 6) is 1.50. The molecule has 1 aliphatic rings. The number of sulfonamides is 1. The maximum atomic E-state index is 13.0. The Morgan fingerprint density at radius 1 is 1.10 bits per heavy atom. The van der Waals surface area contributed by atoms with Gasteiger partial charge in [-0.15, -0.1) is 0 Å². The van der Waals surface area contributed by atoms with Crippen LogP contribution in [0.3, 0.4) is 0 Å². The lowest BCUT2D eigenvalue weighted by Gasteiger charge is -2.30.